The summed E-state index contributed by atoms with van der Waals surface area (Å²) in [6, 6.07) is 17.3. The number of para-hydroxylation sites is 1. The molecule has 3 heterocycles. The Bertz CT molecular complexity index is 1180. The molecule has 0 bridgehead atoms. The minimum absolute atomic E-state index is 0.0756. The molecule has 6 nitrogen and oxygen atoms in total. The van der Waals surface area contributed by atoms with Crippen LogP contribution in [0.1, 0.15) is 33.8 Å². The molecule has 0 aliphatic carbocycles. The smallest absolute Gasteiger partial charge is 0.268 e. The number of fused-ring (bicyclic) bond motifs is 4. The third-order valence-corrected chi connectivity index (χ3v) is 5.11. The number of aromatic nitrogens is 2. The van der Waals surface area contributed by atoms with Gasteiger partial charge in [-0.1, -0.05) is 24.3 Å². The van der Waals surface area contributed by atoms with Crippen molar-refractivity contribution in [3.63, 3.8) is 0 Å². The standard InChI is InChI=1S/C21H18N4O2/c1-12-11-22-21(27)18-8-14-6-7-15(9-17(14)25(12)18)20(26)24-19-10-13-4-2-3-5-16(13)23-19/h2-10,12,23H,11H2,1H3,(H,22,27)(H,24,26). The Labute approximate surface area is 155 Å². The van der Waals surface area contributed by atoms with E-state index in [9.17, 15) is 9.59 Å². The van der Waals surface area contributed by atoms with Crippen LogP contribution in [0.25, 0.3) is 21.8 Å². The molecule has 3 N–H and O–H groups in total. The van der Waals surface area contributed by atoms with E-state index in [-0.39, 0.29) is 17.9 Å². The predicted molar refractivity (Wildman–Crippen MR) is 105 cm³/mol. The highest BCUT2D eigenvalue weighted by molar-refractivity contribution is 6.08. The van der Waals surface area contributed by atoms with Gasteiger partial charge in [-0.05, 0) is 37.3 Å². The molecule has 1 unspecified atom stereocenters. The summed E-state index contributed by atoms with van der Waals surface area (Å²) in [5.41, 5.74) is 3.07. The highest BCUT2D eigenvalue weighted by Gasteiger charge is 2.24. The Kier molecular flexibility index (Phi) is 3.33. The number of nitrogens with one attached hydrogen (secondary N) is 3. The Morgan fingerprint density at radius 1 is 1.11 bits per heavy atom. The van der Waals surface area contributed by atoms with Gasteiger partial charge >= 0.3 is 0 Å². The molecule has 0 fully saturated rings. The van der Waals surface area contributed by atoms with Crippen molar-refractivity contribution < 1.29 is 9.59 Å². The first-order valence-corrected chi connectivity index (χ1v) is 8.92. The van der Waals surface area contributed by atoms with E-state index >= 15 is 0 Å². The number of H-pyrrole nitrogens is 1. The Hall–Kier alpha value is -3.54. The zero-order chi connectivity index (χ0) is 18.5. The van der Waals surface area contributed by atoms with Crippen molar-refractivity contribution in [3.05, 3.63) is 65.9 Å². The van der Waals surface area contributed by atoms with Gasteiger partial charge in [-0.15, -0.1) is 0 Å². The van der Waals surface area contributed by atoms with E-state index in [0.29, 0.717) is 23.6 Å². The minimum atomic E-state index is -0.188. The van der Waals surface area contributed by atoms with Crippen LogP contribution in [0.15, 0.2) is 54.6 Å². The number of hydrogen-bond acceptors (Lipinski definition) is 2. The molecule has 2 aromatic heterocycles. The van der Waals surface area contributed by atoms with Crippen molar-refractivity contribution in [2.24, 2.45) is 0 Å². The number of rotatable bonds is 2. The molecule has 134 valence electrons. The van der Waals surface area contributed by atoms with Crippen LogP contribution >= 0.6 is 0 Å². The molecule has 5 rings (SSSR count). The molecule has 0 radical (unpaired) electrons. The average molecular weight is 358 g/mol. The molecule has 2 amide bonds. The summed E-state index contributed by atoms with van der Waals surface area (Å²) >= 11 is 0. The number of nitrogens with zero attached hydrogens (tertiary/aromatic N) is 1. The van der Waals surface area contributed by atoms with Crippen LogP contribution < -0.4 is 10.6 Å². The molecule has 2 aromatic carbocycles. The molecule has 1 atom stereocenters. The summed E-state index contributed by atoms with van der Waals surface area (Å²) in [6.45, 7) is 2.64. The van der Waals surface area contributed by atoms with Crippen molar-refractivity contribution in [2.45, 2.75) is 13.0 Å². The number of carbonyl (C=O) groups excluding carboxylic acids is 2. The van der Waals surface area contributed by atoms with E-state index in [4.69, 9.17) is 0 Å². The SMILES string of the molecule is CC1CNC(=O)c2cc3ccc(C(=O)Nc4cc5ccccc5[nH]4)cc3n21. The summed E-state index contributed by atoms with van der Waals surface area (Å²) < 4.78 is 2.01. The summed E-state index contributed by atoms with van der Waals surface area (Å²) in [4.78, 5) is 28.1. The minimum Gasteiger partial charge on any atom is -0.349 e. The highest BCUT2D eigenvalue weighted by Crippen LogP contribution is 2.28. The highest BCUT2D eigenvalue weighted by atomic mass is 16.2. The molecule has 4 aromatic rings. The van der Waals surface area contributed by atoms with Gasteiger partial charge in [0.25, 0.3) is 11.8 Å². The van der Waals surface area contributed by atoms with Crippen molar-refractivity contribution in [1.29, 1.82) is 0 Å². The van der Waals surface area contributed by atoms with Gasteiger partial charge in [0.15, 0.2) is 0 Å². The fraction of sp³-hybridized carbons (Fsp3) is 0.143. The van der Waals surface area contributed by atoms with Gasteiger partial charge in [-0.25, -0.2) is 0 Å². The first kappa shape index (κ1) is 15.7. The maximum absolute atomic E-state index is 12.8. The second-order valence-electron chi connectivity index (χ2n) is 6.96. The summed E-state index contributed by atoms with van der Waals surface area (Å²) in [5.74, 6) is 0.395. The zero-order valence-corrected chi connectivity index (χ0v) is 14.7. The van der Waals surface area contributed by atoms with Gasteiger partial charge in [0.05, 0.1) is 0 Å². The fourth-order valence-corrected chi connectivity index (χ4v) is 3.77. The van der Waals surface area contributed by atoms with Crippen LogP contribution in [0.3, 0.4) is 0 Å². The molecule has 1 aliphatic rings. The molecule has 0 spiro atoms. The number of carbonyl (C=O) groups is 2. The van der Waals surface area contributed by atoms with E-state index in [0.717, 1.165) is 21.8 Å². The fourth-order valence-electron chi connectivity index (χ4n) is 3.77. The summed E-state index contributed by atoms with van der Waals surface area (Å²) in [6.07, 6.45) is 0. The second-order valence-corrected chi connectivity index (χ2v) is 6.96. The van der Waals surface area contributed by atoms with E-state index < -0.39 is 0 Å². The van der Waals surface area contributed by atoms with E-state index in [1.165, 1.54) is 0 Å². The molecule has 0 saturated heterocycles. The zero-order valence-electron chi connectivity index (χ0n) is 14.7. The molecule has 27 heavy (non-hydrogen) atoms. The lowest BCUT2D eigenvalue weighted by Gasteiger charge is -2.24. The lowest BCUT2D eigenvalue weighted by Crippen LogP contribution is -2.37. The number of hydrogen-bond donors (Lipinski definition) is 3. The van der Waals surface area contributed by atoms with Gasteiger partial charge < -0.3 is 20.2 Å². The lowest BCUT2D eigenvalue weighted by molar-refractivity contribution is 0.0919. The normalized spacial score (nSPS) is 16.3. The quantitative estimate of drug-likeness (QED) is 0.511. The van der Waals surface area contributed by atoms with Crippen molar-refractivity contribution in [1.82, 2.24) is 14.9 Å². The topological polar surface area (TPSA) is 78.9 Å². The van der Waals surface area contributed by atoms with Crippen LogP contribution in [0, 0.1) is 0 Å². The monoisotopic (exact) mass is 358 g/mol. The van der Waals surface area contributed by atoms with Crippen LogP contribution in [-0.2, 0) is 0 Å². The Balaban J connectivity index is 1.51. The molecule has 6 heteroatoms. The van der Waals surface area contributed by atoms with Gasteiger partial charge in [0.1, 0.15) is 11.5 Å². The molecule has 1 aliphatic heterocycles. The third kappa shape index (κ3) is 2.49. The summed E-state index contributed by atoms with van der Waals surface area (Å²) in [5, 5.41) is 7.81. The van der Waals surface area contributed by atoms with E-state index in [1.807, 2.05) is 53.1 Å². The van der Waals surface area contributed by atoms with Gasteiger partial charge in [0.2, 0.25) is 0 Å². The maximum atomic E-state index is 12.8. The first-order valence-electron chi connectivity index (χ1n) is 8.92. The van der Waals surface area contributed by atoms with Crippen molar-refractivity contribution >= 4 is 39.4 Å². The third-order valence-electron chi connectivity index (χ3n) is 5.11. The van der Waals surface area contributed by atoms with Crippen molar-refractivity contribution in [2.75, 3.05) is 11.9 Å². The largest absolute Gasteiger partial charge is 0.349 e. The first-order chi connectivity index (χ1) is 13.1. The van der Waals surface area contributed by atoms with Gasteiger partial charge in [-0.2, -0.15) is 0 Å². The molecular weight excluding hydrogens is 340 g/mol. The summed E-state index contributed by atoms with van der Waals surface area (Å²) in [7, 11) is 0. The second kappa shape index (κ2) is 5.74. The predicted octanol–water partition coefficient (Wildman–Crippen LogP) is 3.68. The van der Waals surface area contributed by atoms with Crippen molar-refractivity contribution in [3.8, 4) is 0 Å². The van der Waals surface area contributed by atoms with Crippen LogP contribution in [0.2, 0.25) is 0 Å². The molecule has 0 saturated carbocycles. The maximum Gasteiger partial charge on any atom is 0.268 e. The van der Waals surface area contributed by atoms with Crippen LogP contribution in [-0.4, -0.2) is 27.9 Å². The van der Waals surface area contributed by atoms with Gasteiger partial charge in [-0.3, -0.25) is 9.59 Å². The molecular formula is C21H18N4O2. The number of aromatic amines is 1. The number of benzene rings is 2. The van der Waals surface area contributed by atoms with E-state index in [2.05, 4.69) is 22.5 Å². The van der Waals surface area contributed by atoms with Gasteiger partial charge in [0, 0.05) is 40.0 Å². The number of anilines is 1. The lowest BCUT2D eigenvalue weighted by atomic mass is 10.1. The van der Waals surface area contributed by atoms with Crippen LogP contribution in [0.4, 0.5) is 5.82 Å². The van der Waals surface area contributed by atoms with Crippen LogP contribution in [0.5, 0.6) is 0 Å². The Morgan fingerprint density at radius 3 is 2.81 bits per heavy atom. The average Bonchev–Trinajstić information content (AvgIpc) is 3.25. The Morgan fingerprint density at radius 2 is 1.96 bits per heavy atom. The van der Waals surface area contributed by atoms with E-state index in [1.54, 1.807) is 6.07 Å². The number of amides is 2.